The minimum absolute atomic E-state index is 0.344. The summed E-state index contributed by atoms with van der Waals surface area (Å²) >= 11 is 0. The first-order valence-electron chi connectivity index (χ1n) is 7.79. The Morgan fingerprint density at radius 3 is 2.43 bits per heavy atom. The van der Waals surface area contributed by atoms with Gasteiger partial charge in [0.05, 0.1) is 6.07 Å². The van der Waals surface area contributed by atoms with Crippen LogP contribution in [0.4, 0.5) is 0 Å². The molecule has 0 bridgehead atoms. The first-order valence-corrected chi connectivity index (χ1v) is 7.79. The molecule has 0 saturated carbocycles. The number of benzene rings is 1. The summed E-state index contributed by atoms with van der Waals surface area (Å²) in [7, 11) is 1.88. The summed E-state index contributed by atoms with van der Waals surface area (Å²) in [5, 5.41) is 13.0. The van der Waals surface area contributed by atoms with E-state index in [0.29, 0.717) is 11.3 Å². The molecule has 1 aliphatic heterocycles. The van der Waals surface area contributed by atoms with Gasteiger partial charge in [0.25, 0.3) is 0 Å². The quantitative estimate of drug-likeness (QED) is 0.924. The first-order chi connectivity index (χ1) is 9.91. The fourth-order valence-corrected chi connectivity index (χ4v) is 3.21. The molecule has 0 spiro atoms. The highest BCUT2D eigenvalue weighted by Gasteiger charge is 2.38. The lowest BCUT2D eigenvalue weighted by molar-refractivity contribution is 0.207. The highest BCUT2D eigenvalue weighted by atomic mass is 15.2. The topological polar surface area (TPSA) is 39.1 Å². The lowest BCUT2D eigenvalue weighted by Crippen LogP contribution is -2.48. The van der Waals surface area contributed by atoms with E-state index in [2.05, 4.69) is 37.1 Å². The average Bonchev–Trinajstić information content (AvgIpc) is 2.94. The number of nitriles is 1. The molecule has 0 aliphatic carbocycles. The van der Waals surface area contributed by atoms with Crippen LogP contribution in [0, 0.1) is 22.7 Å². The molecule has 1 aliphatic rings. The second-order valence-electron chi connectivity index (χ2n) is 7.22. The zero-order valence-electron chi connectivity index (χ0n) is 13.7. The van der Waals surface area contributed by atoms with Crippen LogP contribution in [0.25, 0.3) is 0 Å². The van der Waals surface area contributed by atoms with Crippen molar-refractivity contribution < 1.29 is 0 Å². The van der Waals surface area contributed by atoms with E-state index in [1.807, 2.05) is 37.4 Å². The lowest BCUT2D eigenvalue weighted by atomic mass is 9.80. The van der Waals surface area contributed by atoms with E-state index in [1.54, 1.807) is 0 Å². The van der Waals surface area contributed by atoms with Gasteiger partial charge in [-0.05, 0) is 36.9 Å². The molecule has 3 nitrogen and oxygen atoms in total. The number of nitrogens with zero attached hydrogens (tertiary/aromatic N) is 2. The Balaban J connectivity index is 2.14. The van der Waals surface area contributed by atoms with Crippen LogP contribution in [0.2, 0.25) is 0 Å². The van der Waals surface area contributed by atoms with Crippen LogP contribution in [0.5, 0.6) is 0 Å². The molecule has 3 heteroatoms. The van der Waals surface area contributed by atoms with Gasteiger partial charge in [-0.15, -0.1) is 0 Å². The third kappa shape index (κ3) is 3.45. The van der Waals surface area contributed by atoms with Gasteiger partial charge in [0.1, 0.15) is 5.54 Å². The molecular formula is C18H27N3. The first kappa shape index (κ1) is 16.0. The van der Waals surface area contributed by atoms with Crippen molar-refractivity contribution in [3.8, 4) is 6.07 Å². The predicted molar refractivity (Wildman–Crippen MR) is 86.8 cm³/mol. The van der Waals surface area contributed by atoms with Crippen LogP contribution in [-0.2, 0) is 5.54 Å². The fourth-order valence-electron chi connectivity index (χ4n) is 3.21. The normalized spacial score (nSPS) is 22.7. The van der Waals surface area contributed by atoms with Gasteiger partial charge in [0.15, 0.2) is 0 Å². The maximum atomic E-state index is 9.78. The van der Waals surface area contributed by atoms with Gasteiger partial charge < -0.3 is 0 Å². The molecule has 1 heterocycles. The predicted octanol–water partition coefficient (Wildman–Crippen LogP) is 2.99. The minimum atomic E-state index is -0.617. The van der Waals surface area contributed by atoms with Crippen LogP contribution in [0.3, 0.4) is 0 Å². The maximum absolute atomic E-state index is 9.78. The van der Waals surface area contributed by atoms with E-state index in [1.165, 1.54) is 6.42 Å². The molecule has 1 N–H and O–H groups in total. The molecule has 2 rings (SSSR count). The van der Waals surface area contributed by atoms with E-state index in [0.717, 1.165) is 25.2 Å². The Labute approximate surface area is 129 Å². The van der Waals surface area contributed by atoms with Crippen LogP contribution < -0.4 is 5.32 Å². The molecule has 2 atom stereocenters. The number of likely N-dealkylation sites (tertiary alicyclic amines) is 1. The largest absolute Gasteiger partial charge is 0.300 e. The van der Waals surface area contributed by atoms with E-state index in [9.17, 15) is 5.26 Å². The van der Waals surface area contributed by atoms with Crippen LogP contribution in [-0.4, -0.2) is 31.6 Å². The van der Waals surface area contributed by atoms with Crippen molar-refractivity contribution in [2.75, 3.05) is 26.7 Å². The average molecular weight is 285 g/mol. The number of rotatable bonds is 4. The second kappa shape index (κ2) is 6.17. The summed E-state index contributed by atoms with van der Waals surface area (Å²) in [6.07, 6.45) is 1.23. The molecule has 0 amide bonds. The Bertz CT molecular complexity index is 497. The molecule has 2 unspecified atom stereocenters. The number of nitrogens with one attached hydrogen (secondary N) is 1. The molecule has 1 saturated heterocycles. The summed E-state index contributed by atoms with van der Waals surface area (Å²) < 4.78 is 0. The molecule has 1 aromatic carbocycles. The molecule has 0 radical (unpaired) electrons. The Kier molecular flexibility index (Phi) is 4.70. The van der Waals surface area contributed by atoms with Gasteiger partial charge in [0, 0.05) is 13.1 Å². The molecule has 114 valence electrons. The van der Waals surface area contributed by atoms with Crippen molar-refractivity contribution in [2.24, 2.45) is 11.3 Å². The highest BCUT2D eigenvalue weighted by Crippen LogP contribution is 2.35. The van der Waals surface area contributed by atoms with Crippen molar-refractivity contribution in [1.29, 1.82) is 5.26 Å². The third-order valence-electron chi connectivity index (χ3n) is 4.84. The van der Waals surface area contributed by atoms with Gasteiger partial charge in [0.2, 0.25) is 0 Å². The number of likely N-dealkylation sites (N-methyl/N-ethyl adjacent to an activating group) is 1. The molecule has 21 heavy (non-hydrogen) atoms. The highest BCUT2D eigenvalue weighted by molar-refractivity contribution is 5.32. The molecular weight excluding hydrogens is 258 g/mol. The lowest BCUT2D eigenvalue weighted by Gasteiger charge is -2.32. The smallest absolute Gasteiger partial charge is 0.144 e. The van der Waals surface area contributed by atoms with Gasteiger partial charge in [-0.3, -0.25) is 10.2 Å². The van der Waals surface area contributed by atoms with Crippen LogP contribution in [0.1, 0.15) is 32.8 Å². The second-order valence-corrected chi connectivity index (χ2v) is 7.22. The summed E-state index contributed by atoms with van der Waals surface area (Å²) in [4.78, 5) is 2.43. The van der Waals surface area contributed by atoms with Crippen molar-refractivity contribution in [3.63, 3.8) is 0 Å². The Hall–Kier alpha value is -1.37. The van der Waals surface area contributed by atoms with Crippen LogP contribution in [0.15, 0.2) is 30.3 Å². The van der Waals surface area contributed by atoms with Crippen molar-refractivity contribution >= 4 is 0 Å². The number of hydrogen-bond donors (Lipinski definition) is 1. The van der Waals surface area contributed by atoms with Crippen molar-refractivity contribution in [3.05, 3.63) is 35.9 Å². The number of hydrogen-bond acceptors (Lipinski definition) is 3. The van der Waals surface area contributed by atoms with Gasteiger partial charge in [-0.1, -0.05) is 51.1 Å². The molecule has 0 aromatic heterocycles. The monoisotopic (exact) mass is 285 g/mol. The van der Waals surface area contributed by atoms with E-state index in [4.69, 9.17) is 0 Å². The van der Waals surface area contributed by atoms with E-state index < -0.39 is 5.54 Å². The van der Waals surface area contributed by atoms with Gasteiger partial charge in [-0.2, -0.15) is 5.26 Å². The summed E-state index contributed by atoms with van der Waals surface area (Å²) in [5.74, 6) is 0.710. The minimum Gasteiger partial charge on any atom is -0.300 e. The third-order valence-corrected chi connectivity index (χ3v) is 4.84. The van der Waals surface area contributed by atoms with Crippen LogP contribution >= 0.6 is 0 Å². The fraction of sp³-hybridized carbons (Fsp3) is 0.611. The molecule has 1 fully saturated rings. The van der Waals surface area contributed by atoms with E-state index >= 15 is 0 Å². The zero-order valence-corrected chi connectivity index (χ0v) is 13.7. The van der Waals surface area contributed by atoms with Crippen molar-refractivity contribution in [1.82, 2.24) is 10.2 Å². The van der Waals surface area contributed by atoms with Gasteiger partial charge >= 0.3 is 0 Å². The summed E-state index contributed by atoms with van der Waals surface area (Å²) in [6, 6.07) is 12.6. The zero-order chi connectivity index (χ0) is 15.5. The van der Waals surface area contributed by atoms with Crippen molar-refractivity contribution in [2.45, 2.75) is 32.7 Å². The van der Waals surface area contributed by atoms with Gasteiger partial charge in [-0.25, -0.2) is 0 Å². The Morgan fingerprint density at radius 1 is 1.29 bits per heavy atom. The van der Waals surface area contributed by atoms with E-state index in [-0.39, 0.29) is 0 Å². The summed E-state index contributed by atoms with van der Waals surface area (Å²) in [6.45, 7) is 9.86. The Morgan fingerprint density at radius 2 is 1.95 bits per heavy atom. The molecule has 1 aromatic rings. The maximum Gasteiger partial charge on any atom is 0.144 e. The SMILES string of the molecule is CNC(C#N)(CN1CCC(C(C)(C)C)C1)c1ccccc1. The standard InChI is InChI=1S/C18H27N3/c1-17(2,3)16-10-11-21(12-16)14-18(13-19,20-4)15-8-6-5-7-9-15/h5-9,16,20H,10-12,14H2,1-4H3. The summed E-state index contributed by atoms with van der Waals surface area (Å²) in [5.41, 5.74) is 0.777.